The van der Waals surface area contributed by atoms with Gasteiger partial charge in [-0.2, -0.15) is 0 Å². The van der Waals surface area contributed by atoms with Crippen LogP contribution in [0.5, 0.6) is 0 Å². The largest absolute Gasteiger partial charge is 0.450 e. The fraction of sp³-hybridized carbons (Fsp3) is 0.462. The van der Waals surface area contributed by atoms with E-state index in [4.69, 9.17) is 4.42 Å². The van der Waals surface area contributed by atoms with E-state index >= 15 is 0 Å². The molecule has 5 heteroatoms. The van der Waals surface area contributed by atoms with Crippen molar-refractivity contribution in [2.24, 2.45) is 5.92 Å². The molecule has 1 aromatic heterocycles. The molecule has 2 atom stereocenters. The first-order valence-electron chi connectivity index (χ1n) is 5.96. The Bertz CT molecular complexity index is 455. The van der Waals surface area contributed by atoms with Crippen molar-refractivity contribution in [2.45, 2.75) is 19.4 Å². The first kappa shape index (κ1) is 13.4. The molecule has 0 radical (unpaired) electrons. The third kappa shape index (κ3) is 3.23. The normalized spacial score (nSPS) is 24.7. The standard InChI is InChI=1S/C13H16BrNO3/c1-9-8-15(7-6-11(9)16)13(17)5-3-10-2-4-12(14)18-10/h2-5,9,11,16H,6-8H2,1H3/b5-3+. The molecule has 1 aromatic rings. The first-order valence-corrected chi connectivity index (χ1v) is 6.76. The highest BCUT2D eigenvalue weighted by Gasteiger charge is 2.25. The summed E-state index contributed by atoms with van der Waals surface area (Å²) in [6.45, 7) is 3.17. The number of halogens is 1. The number of likely N-dealkylation sites (tertiary alicyclic amines) is 1. The summed E-state index contributed by atoms with van der Waals surface area (Å²) in [5.74, 6) is 0.732. The van der Waals surface area contributed by atoms with Crippen LogP contribution in [0.25, 0.3) is 6.08 Å². The average Bonchev–Trinajstić information content (AvgIpc) is 2.75. The summed E-state index contributed by atoms with van der Waals surface area (Å²) in [5.41, 5.74) is 0. The van der Waals surface area contributed by atoms with E-state index in [1.807, 2.05) is 6.92 Å². The Morgan fingerprint density at radius 1 is 1.61 bits per heavy atom. The van der Waals surface area contributed by atoms with Crippen molar-refractivity contribution in [3.63, 3.8) is 0 Å². The van der Waals surface area contributed by atoms with E-state index in [0.717, 1.165) is 0 Å². The van der Waals surface area contributed by atoms with Gasteiger partial charge in [-0.1, -0.05) is 6.92 Å². The Hall–Kier alpha value is -1.07. The van der Waals surface area contributed by atoms with E-state index in [2.05, 4.69) is 15.9 Å². The summed E-state index contributed by atoms with van der Waals surface area (Å²) in [6, 6.07) is 3.57. The number of carbonyl (C=O) groups excluding carboxylic acids is 1. The molecular formula is C13H16BrNO3. The number of aliphatic hydroxyl groups is 1. The zero-order valence-electron chi connectivity index (χ0n) is 10.2. The van der Waals surface area contributed by atoms with Crippen LogP contribution in [0.2, 0.25) is 0 Å². The minimum atomic E-state index is -0.293. The van der Waals surface area contributed by atoms with Gasteiger partial charge in [-0.05, 0) is 46.5 Å². The molecule has 18 heavy (non-hydrogen) atoms. The van der Waals surface area contributed by atoms with Crippen LogP contribution in [-0.4, -0.2) is 35.1 Å². The second-order valence-corrected chi connectivity index (χ2v) is 5.37. The number of carbonyl (C=O) groups is 1. The van der Waals surface area contributed by atoms with Gasteiger partial charge in [-0.25, -0.2) is 0 Å². The molecule has 1 fully saturated rings. The van der Waals surface area contributed by atoms with Gasteiger partial charge in [0.05, 0.1) is 6.10 Å². The van der Waals surface area contributed by atoms with Gasteiger partial charge in [0.1, 0.15) is 5.76 Å². The Labute approximate surface area is 114 Å². The van der Waals surface area contributed by atoms with Crippen molar-refractivity contribution in [3.8, 4) is 0 Å². The maximum Gasteiger partial charge on any atom is 0.246 e. The van der Waals surface area contributed by atoms with Crippen LogP contribution >= 0.6 is 15.9 Å². The maximum absolute atomic E-state index is 11.9. The van der Waals surface area contributed by atoms with Crippen molar-refractivity contribution in [2.75, 3.05) is 13.1 Å². The first-order chi connectivity index (χ1) is 8.56. The van der Waals surface area contributed by atoms with Crippen molar-refractivity contribution >= 4 is 27.9 Å². The van der Waals surface area contributed by atoms with Gasteiger partial charge < -0.3 is 14.4 Å². The third-order valence-corrected chi connectivity index (χ3v) is 3.58. The van der Waals surface area contributed by atoms with Crippen molar-refractivity contribution < 1.29 is 14.3 Å². The van der Waals surface area contributed by atoms with Gasteiger partial charge >= 0.3 is 0 Å². The molecule has 1 saturated heterocycles. The highest BCUT2D eigenvalue weighted by molar-refractivity contribution is 9.10. The molecule has 0 bridgehead atoms. The molecule has 2 rings (SSSR count). The number of piperidine rings is 1. The molecule has 2 unspecified atom stereocenters. The van der Waals surface area contributed by atoms with Crippen LogP contribution in [0.15, 0.2) is 27.3 Å². The smallest absolute Gasteiger partial charge is 0.246 e. The number of aliphatic hydroxyl groups excluding tert-OH is 1. The molecule has 1 aliphatic heterocycles. The van der Waals surface area contributed by atoms with Gasteiger partial charge in [0.2, 0.25) is 5.91 Å². The molecule has 98 valence electrons. The fourth-order valence-corrected chi connectivity index (χ4v) is 2.33. The molecule has 1 N–H and O–H groups in total. The quantitative estimate of drug-likeness (QED) is 0.852. The Morgan fingerprint density at radius 2 is 2.39 bits per heavy atom. The zero-order chi connectivity index (χ0) is 13.1. The minimum Gasteiger partial charge on any atom is -0.450 e. The number of rotatable bonds is 2. The SMILES string of the molecule is CC1CN(C(=O)/C=C/c2ccc(Br)o2)CCC1O. The van der Waals surface area contributed by atoms with E-state index in [0.29, 0.717) is 29.9 Å². The van der Waals surface area contributed by atoms with Gasteiger partial charge in [-0.15, -0.1) is 0 Å². The van der Waals surface area contributed by atoms with E-state index < -0.39 is 0 Å². The fourth-order valence-electron chi connectivity index (χ4n) is 2.01. The summed E-state index contributed by atoms with van der Waals surface area (Å²) in [6.07, 6.45) is 3.52. The number of nitrogens with zero attached hydrogens (tertiary/aromatic N) is 1. The minimum absolute atomic E-state index is 0.0405. The number of amides is 1. The number of hydrogen-bond acceptors (Lipinski definition) is 3. The number of hydrogen-bond donors (Lipinski definition) is 1. The number of furan rings is 1. The lowest BCUT2D eigenvalue weighted by Gasteiger charge is -2.33. The summed E-state index contributed by atoms with van der Waals surface area (Å²) in [5, 5.41) is 9.61. The van der Waals surface area contributed by atoms with Crippen LogP contribution in [0.4, 0.5) is 0 Å². The van der Waals surface area contributed by atoms with E-state index in [-0.39, 0.29) is 17.9 Å². The van der Waals surface area contributed by atoms with Crippen LogP contribution in [0.3, 0.4) is 0 Å². The maximum atomic E-state index is 11.9. The summed E-state index contributed by atoms with van der Waals surface area (Å²) in [4.78, 5) is 13.7. The average molecular weight is 314 g/mol. The summed E-state index contributed by atoms with van der Waals surface area (Å²) < 4.78 is 5.92. The molecule has 0 aromatic carbocycles. The summed E-state index contributed by atoms with van der Waals surface area (Å²) >= 11 is 3.21. The van der Waals surface area contributed by atoms with Gasteiger partial charge in [0.25, 0.3) is 0 Å². The van der Waals surface area contributed by atoms with Gasteiger partial charge in [0, 0.05) is 19.2 Å². The Balaban J connectivity index is 1.94. The van der Waals surface area contributed by atoms with Crippen LogP contribution in [0, 0.1) is 5.92 Å². The molecular weight excluding hydrogens is 298 g/mol. The van der Waals surface area contributed by atoms with Gasteiger partial charge in [-0.3, -0.25) is 4.79 Å². The molecule has 0 aliphatic carbocycles. The van der Waals surface area contributed by atoms with E-state index in [1.165, 1.54) is 6.08 Å². The van der Waals surface area contributed by atoms with Crippen molar-refractivity contribution in [1.29, 1.82) is 0 Å². The lowest BCUT2D eigenvalue weighted by atomic mass is 9.97. The van der Waals surface area contributed by atoms with Crippen molar-refractivity contribution in [1.82, 2.24) is 4.90 Å². The molecule has 1 amide bonds. The zero-order valence-corrected chi connectivity index (χ0v) is 11.8. The lowest BCUT2D eigenvalue weighted by Crippen LogP contribution is -2.44. The molecule has 1 aliphatic rings. The van der Waals surface area contributed by atoms with Crippen molar-refractivity contribution in [3.05, 3.63) is 28.6 Å². The topological polar surface area (TPSA) is 53.7 Å². The Morgan fingerprint density at radius 3 is 3.00 bits per heavy atom. The van der Waals surface area contributed by atoms with Crippen LogP contribution < -0.4 is 0 Å². The summed E-state index contributed by atoms with van der Waals surface area (Å²) in [7, 11) is 0. The van der Waals surface area contributed by atoms with Gasteiger partial charge in [0.15, 0.2) is 4.67 Å². The molecule has 0 spiro atoms. The third-order valence-electron chi connectivity index (χ3n) is 3.16. The lowest BCUT2D eigenvalue weighted by molar-refractivity contribution is -0.129. The second-order valence-electron chi connectivity index (χ2n) is 4.59. The van der Waals surface area contributed by atoms with Crippen LogP contribution in [-0.2, 0) is 4.79 Å². The van der Waals surface area contributed by atoms with E-state index in [9.17, 15) is 9.90 Å². The highest BCUT2D eigenvalue weighted by atomic mass is 79.9. The monoisotopic (exact) mass is 313 g/mol. The predicted molar refractivity (Wildman–Crippen MR) is 71.8 cm³/mol. The molecule has 0 saturated carbocycles. The Kier molecular flexibility index (Phi) is 4.24. The molecule has 2 heterocycles. The van der Waals surface area contributed by atoms with E-state index in [1.54, 1.807) is 23.1 Å². The molecule has 4 nitrogen and oxygen atoms in total. The highest BCUT2D eigenvalue weighted by Crippen LogP contribution is 2.18. The second kappa shape index (κ2) is 5.71. The van der Waals surface area contributed by atoms with Crippen LogP contribution in [0.1, 0.15) is 19.1 Å². The predicted octanol–water partition coefficient (Wildman–Crippen LogP) is 2.28.